The molecule has 2 saturated carbocycles. The van der Waals surface area contributed by atoms with E-state index in [0.29, 0.717) is 11.3 Å². The molecule has 4 unspecified atom stereocenters. The lowest BCUT2D eigenvalue weighted by atomic mass is 9.62. The quantitative estimate of drug-likeness (QED) is 0.566. The van der Waals surface area contributed by atoms with Gasteiger partial charge in [0.25, 0.3) is 0 Å². The van der Waals surface area contributed by atoms with E-state index < -0.39 is 0 Å². The number of fused-ring (bicyclic) bond motifs is 4. The number of allylic oxidation sites excluding steroid dienone is 6. The number of rotatable bonds is 0. The summed E-state index contributed by atoms with van der Waals surface area (Å²) in [5, 5.41) is 0. The van der Waals surface area contributed by atoms with Crippen LogP contribution in [-0.2, 0) is 4.79 Å². The minimum Gasteiger partial charge on any atom is -0.290 e. The van der Waals surface area contributed by atoms with Crippen LogP contribution in [0.25, 0.3) is 0 Å². The van der Waals surface area contributed by atoms with Crippen molar-refractivity contribution in [3.05, 3.63) is 35.5 Å². The van der Waals surface area contributed by atoms with E-state index in [1.165, 1.54) is 50.5 Å². The summed E-state index contributed by atoms with van der Waals surface area (Å²) in [6.45, 7) is 6.53. The molecule has 1 heteroatoms. The zero-order valence-electron chi connectivity index (χ0n) is 14.4. The molecule has 22 heavy (non-hydrogen) atoms. The Morgan fingerprint density at radius 1 is 1.09 bits per heavy atom. The van der Waals surface area contributed by atoms with Gasteiger partial charge in [-0.05, 0) is 73.5 Å². The molecule has 4 aliphatic rings. The van der Waals surface area contributed by atoms with Crippen LogP contribution in [-0.4, -0.2) is 5.78 Å². The van der Waals surface area contributed by atoms with Crippen LogP contribution in [0.3, 0.4) is 0 Å². The van der Waals surface area contributed by atoms with Crippen molar-refractivity contribution in [1.82, 2.24) is 0 Å². The molecule has 0 N–H and O–H groups in total. The first kappa shape index (κ1) is 15.8. The van der Waals surface area contributed by atoms with Crippen LogP contribution in [0.4, 0.5) is 0 Å². The molecule has 2 fully saturated rings. The van der Waals surface area contributed by atoms with Crippen molar-refractivity contribution >= 4 is 5.78 Å². The molecule has 0 bridgehead atoms. The number of carbonyl (C=O) groups is 1. The first-order chi connectivity index (χ1) is 10.7. The highest BCUT2D eigenvalue weighted by atomic mass is 16.1. The third-order valence-electron chi connectivity index (χ3n) is 6.48. The van der Waals surface area contributed by atoms with Crippen molar-refractivity contribution in [2.45, 2.75) is 65.7 Å². The largest absolute Gasteiger partial charge is 0.290 e. The van der Waals surface area contributed by atoms with Gasteiger partial charge in [-0.3, -0.25) is 4.79 Å². The lowest BCUT2D eigenvalue weighted by Crippen LogP contribution is -2.34. The third kappa shape index (κ3) is 2.64. The average Bonchev–Trinajstić information content (AvgIpc) is 2.82. The predicted octanol–water partition coefficient (Wildman–Crippen LogP) is 5.63. The second kappa shape index (κ2) is 6.18. The monoisotopic (exact) mass is 298 g/mol. The highest BCUT2D eigenvalue weighted by molar-refractivity contribution is 6.01. The van der Waals surface area contributed by atoms with Gasteiger partial charge in [-0.25, -0.2) is 0 Å². The topological polar surface area (TPSA) is 17.1 Å². The highest BCUT2D eigenvalue weighted by Crippen LogP contribution is 2.58. The molecule has 0 spiro atoms. The highest BCUT2D eigenvalue weighted by Gasteiger charge is 2.47. The van der Waals surface area contributed by atoms with Crippen molar-refractivity contribution < 1.29 is 4.79 Å². The first-order valence-corrected chi connectivity index (χ1v) is 9.30. The Hall–Kier alpha value is -1.11. The number of hydrogen-bond donors (Lipinski definition) is 0. The van der Waals surface area contributed by atoms with Crippen molar-refractivity contribution in [1.29, 1.82) is 0 Å². The van der Waals surface area contributed by atoms with Gasteiger partial charge in [0.2, 0.25) is 0 Å². The van der Waals surface area contributed by atoms with E-state index >= 15 is 0 Å². The van der Waals surface area contributed by atoms with Gasteiger partial charge in [0.1, 0.15) is 0 Å². The minimum absolute atomic E-state index is 0.174. The Labute approximate surface area is 135 Å². The fraction of sp³-hybridized carbons (Fsp3) is 0.667. The normalized spacial score (nSPS) is 39.4. The molecular formula is C21H30O. The summed E-state index contributed by atoms with van der Waals surface area (Å²) in [5.41, 5.74) is 3.56. The molecule has 0 saturated heterocycles. The summed E-state index contributed by atoms with van der Waals surface area (Å²) < 4.78 is 0. The van der Waals surface area contributed by atoms with Gasteiger partial charge in [-0.2, -0.15) is 0 Å². The van der Waals surface area contributed by atoms with Crippen LogP contribution < -0.4 is 0 Å². The SMILES string of the molecule is CC.CC12CCCC1C1CCC3C=CC(=O)C=C3C=C1CC2. The van der Waals surface area contributed by atoms with Gasteiger partial charge in [0.05, 0.1) is 0 Å². The van der Waals surface area contributed by atoms with E-state index in [0.717, 1.165) is 11.8 Å². The van der Waals surface area contributed by atoms with E-state index in [-0.39, 0.29) is 5.78 Å². The molecule has 4 rings (SSSR count). The Balaban J connectivity index is 0.000000693. The molecule has 0 radical (unpaired) electrons. The minimum atomic E-state index is 0.174. The van der Waals surface area contributed by atoms with Crippen molar-refractivity contribution in [2.75, 3.05) is 0 Å². The van der Waals surface area contributed by atoms with Crippen molar-refractivity contribution in [3.63, 3.8) is 0 Å². The summed E-state index contributed by atoms with van der Waals surface area (Å²) in [6.07, 6.45) is 17.7. The number of carbonyl (C=O) groups excluding carboxylic acids is 1. The summed E-state index contributed by atoms with van der Waals surface area (Å²) >= 11 is 0. The maximum atomic E-state index is 11.6. The lowest BCUT2D eigenvalue weighted by Gasteiger charge is -2.43. The summed E-state index contributed by atoms with van der Waals surface area (Å²) in [7, 11) is 0. The number of ketones is 1. The Morgan fingerprint density at radius 3 is 2.73 bits per heavy atom. The Bertz CT molecular complexity index is 536. The van der Waals surface area contributed by atoms with Crippen LogP contribution in [0.15, 0.2) is 35.5 Å². The Morgan fingerprint density at radius 2 is 1.91 bits per heavy atom. The van der Waals surface area contributed by atoms with Crippen LogP contribution in [0.2, 0.25) is 0 Å². The van der Waals surface area contributed by atoms with Gasteiger partial charge in [0.15, 0.2) is 5.78 Å². The molecule has 1 nitrogen and oxygen atoms in total. The second-order valence-electron chi connectivity index (χ2n) is 7.57. The van der Waals surface area contributed by atoms with E-state index in [4.69, 9.17) is 0 Å². The molecule has 4 aliphatic carbocycles. The lowest BCUT2D eigenvalue weighted by molar-refractivity contribution is -0.110. The van der Waals surface area contributed by atoms with Gasteiger partial charge >= 0.3 is 0 Å². The van der Waals surface area contributed by atoms with E-state index in [2.05, 4.69) is 19.1 Å². The average molecular weight is 298 g/mol. The first-order valence-electron chi connectivity index (χ1n) is 9.30. The second-order valence-corrected chi connectivity index (χ2v) is 7.57. The molecule has 0 aromatic rings. The smallest absolute Gasteiger partial charge is 0.178 e. The fourth-order valence-corrected chi connectivity index (χ4v) is 5.32. The van der Waals surface area contributed by atoms with Crippen molar-refractivity contribution in [2.24, 2.45) is 23.2 Å². The molecular weight excluding hydrogens is 268 g/mol. The zero-order chi connectivity index (χ0) is 15.7. The van der Waals surface area contributed by atoms with Crippen LogP contribution >= 0.6 is 0 Å². The molecule has 0 heterocycles. The molecule has 0 aliphatic heterocycles. The zero-order valence-corrected chi connectivity index (χ0v) is 14.4. The third-order valence-corrected chi connectivity index (χ3v) is 6.48. The molecule has 4 atom stereocenters. The van der Waals surface area contributed by atoms with E-state index in [9.17, 15) is 4.79 Å². The summed E-state index contributed by atoms with van der Waals surface area (Å²) in [6, 6.07) is 0. The maximum Gasteiger partial charge on any atom is 0.178 e. The number of hydrogen-bond acceptors (Lipinski definition) is 1. The fourth-order valence-electron chi connectivity index (χ4n) is 5.32. The Kier molecular flexibility index (Phi) is 4.43. The van der Waals surface area contributed by atoms with Gasteiger partial charge in [0, 0.05) is 5.92 Å². The van der Waals surface area contributed by atoms with Crippen LogP contribution in [0, 0.1) is 23.2 Å². The van der Waals surface area contributed by atoms with Crippen molar-refractivity contribution in [3.8, 4) is 0 Å². The van der Waals surface area contributed by atoms with E-state index in [1.807, 2.05) is 19.9 Å². The van der Waals surface area contributed by atoms with Crippen LogP contribution in [0.1, 0.15) is 65.7 Å². The maximum absolute atomic E-state index is 11.6. The standard InChI is InChI=1S/C19H24O.C2H6/c1-19-9-2-3-18(19)17-7-5-13-4-6-16(20)12-15(13)11-14(17)8-10-19;1-2/h4,6,11-13,17-18H,2-3,5,7-10H2,1H3;1-2H3. The molecule has 0 aromatic heterocycles. The summed E-state index contributed by atoms with van der Waals surface area (Å²) in [5.74, 6) is 2.38. The molecule has 120 valence electrons. The molecule has 0 amide bonds. The van der Waals surface area contributed by atoms with Gasteiger partial charge in [-0.15, -0.1) is 0 Å². The summed E-state index contributed by atoms with van der Waals surface area (Å²) in [4.78, 5) is 11.6. The van der Waals surface area contributed by atoms with E-state index in [1.54, 1.807) is 11.6 Å². The predicted molar refractivity (Wildman–Crippen MR) is 92.6 cm³/mol. The molecule has 0 aromatic carbocycles. The van der Waals surface area contributed by atoms with Gasteiger partial charge < -0.3 is 0 Å². The van der Waals surface area contributed by atoms with Crippen LogP contribution in [0.5, 0.6) is 0 Å². The van der Waals surface area contributed by atoms with Gasteiger partial charge in [-0.1, -0.05) is 44.9 Å².